The summed E-state index contributed by atoms with van der Waals surface area (Å²) in [4.78, 5) is 28.5. The number of ether oxygens (including phenoxy) is 1. The summed E-state index contributed by atoms with van der Waals surface area (Å²) in [5.74, 6) is -0.851. The molecule has 5 rings (SSSR count). The molecule has 1 saturated heterocycles. The molecule has 3 aromatic carbocycles. The molecule has 3 aromatic rings. The summed E-state index contributed by atoms with van der Waals surface area (Å²) in [7, 11) is 0. The number of aryl methyl sites for hydroxylation is 1. The Kier molecular flexibility index (Phi) is 6.07. The van der Waals surface area contributed by atoms with Gasteiger partial charge in [0.25, 0.3) is 0 Å². The van der Waals surface area contributed by atoms with E-state index in [-0.39, 0.29) is 18.6 Å². The van der Waals surface area contributed by atoms with Crippen LogP contribution in [0.15, 0.2) is 72.8 Å². The fourth-order valence-electron chi connectivity index (χ4n) is 5.20. The molecule has 34 heavy (non-hydrogen) atoms. The molecule has 1 atom stereocenters. The molecule has 6 nitrogen and oxygen atoms in total. The van der Waals surface area contributed by atoms with Crippen molar-refractivity contribution in [1.82, 2.24) is 9.80 Å². The highest BCUT2D eigenvalue weighted by Gasteiger charge is 2.33. The van der Waals surface area contributed by atoms with Crippen molar-refractivity contribution < 1.29 is 19.4 Å². The average molecular weight is 457 g/mol. The van der Waals surface area contributed by atoms with Gasteiger partial charge >= 0.3 is 12.1 Å². The van der Waals surface area contributed by atoms with Gasteiger partial charge in [0.15, 0.2) is 0 Å². The van der Waals surface area contributed by atoms with Gasteiger partial charge in [-0.2, -0.15) is 0 Å². The molecule has 2 aliphatic rings. The first-order valence-electron chi connectivity index (χ1n) is 11.7. The van der Waals surface area contributed by atoms with E-state index < -0.39 is 12.0 Å². The number of carbonyl (C=O) groups is 2. The summed E-state index contributed by atoms with van der Waals surface area (Å²) in [6.45, 7) is 4.08. The Bertz CT molecular complexity index is 1170. The number of carboxylic acid groups (broad SMARTS) is 1. The summed E-state index contributed by atoms with van der Waals surface area (Å²) in [6, 6.07) is 23.4. The maximum Gasteiger partial charge on any atom is 0.409 e. The van der Waals surface area contributed by atoms with Gasteiger partial charge in [-0.25, -0.2) is 4.79 Å². The van der Waals surface area contributed by atoms with Crippen LogP contribution >= 0.6 is 0 Å². The van der Waals surface area contributed by atoms with E-state index in [4.69, 9.17) is 4.74 Å². The van der Waals surface area contributed by atoms with E-state index in [0.717, 1.165) is 11.1 Å². The number of benzene rings is 3. The van der Waals surface area contributed by atoms with E-state index >= 15 is 0 Å². The topological polar surface area (TPSA) is 70.1 Å². The van der Waals surface area contributed by atoms with Crippen LogP contribution < -0.4 is 0 Å². The van der Waals surface area contributed by atoms with Gasteiger partial charge in [-0.3, -0.25) is 9.69 Å². The number of carbonyl (C=O) groups excluding carboxylic acids is 1. The fourth-order valence-corrected chi connectivity index (χ4v) is 5.20. The van der Waals surface area contributed by atoms with Crippen molar-refractivity contribution in [2.75, 3.05) is 32.8 Å². The van der Waals surface area contributed by atoms with Crippen LogP contribution in [0, 0.1) is 6.92 Å². The molecule has 1 aliphatic carbocycles. The van der Waals surface area contributed by atoms with E-state index in [1.807, 2.05) is 60.4 Å². The largest absolute Gasteiger partial charge is 0.480 e. The molecular weight excluding hydrogens is 428 g/mol. The van der Waals surface area contributed by atoms with Gasteiger partial charge < -0.3 is 14.7 Å². The molecule has 1 N–H and O–H groups in total. The van der Waals surface area contributed by atoms with Crippen molar-refractivity contribution in [1.29, 1.82) is 0 Å². The molecule has 1 amide bonds. The van der Waals surface area contributed by atoms with Crippen LogP contribution in [-0.2, 0) is 9.53 Å². The standard InChI is InChI=1S/C28H28N2O4/c1-19-7-6-8-20(17-19)26(27(31)32)29-13-15-30(16-14-29)28(33)34-18-25-23-11-4-2-9-21(23)22-10-3-5-12-24(22)25/h2-12,17,25-26H,13-16,18H2,1H3,(H,31,32). The van der Waals surface area contributed by atoms with Crippen molar-refractivity contribution in [3.63, 3.8) is 0 Å². The van der Waals surface area contributed by atoms with Gasteiger partial charge in [0, 0.05) is 32.1 Å². The summed E-state index contributed by atoms with van der Waals surface area (Å²) >= 11 is 0. The molecule has 0 bridgehead atoms. The molecule has 1 fully saturated rings. The summed E-state index contributed by atoms with van der Waals surface area (Å²) in [5.41, 5.74) is 6.56. The molecule has 0 saturated carbocycles. The molecule has 6 heteroatoms. The van der Waals surface area contributed by atoms with Crippen LogP contribution in [0.4, 0.5) is 4.79 Å². The van der Waals surface area contributed by atoms with E-state index in [1.165, 1.54) is 22.3 Å². The monoisotopic (exact) mass is 456 g/mol. The first-order valence-corrected chi connectivity index (χ1v) is 11.7. The van der Waals surface area contributed by atoms with Crippen LogP contribution in [0.25, 0.3) is 11.1 Å². The summed E-state index contributed by atoms with van der Waals surface area (Å²) < 4.78 is 5.77. The number of rotatable bonds is 5. The van der Waals surface area contributed by atoms with E-state index in [2.05, 4.69) is 24.3 Å². The Morgan fingerprint density at radius 3 is 2.12 bits per heavy atom. The predicted octanol–water partition coefficient (Wildman–Crippen LogP) is 4.69. The number of piperazine rings is 1. The number of aliphatic carboxylic acids is 1. The highest BCUT2D eigenvalue weighted by atomic mass is 16.6. The Balaban J connectivity index is 1.22. The van der Waals surface area contributed by atoms with Gasteiger partial charge in [-0.15, -0.1) is 0 Å². The first-order chi connectivity index (χ1) is 16.5. The van der Waals surface area contributed by atoms with Crippen molar-refractivity contribution in [2.45, 2.75) is 18.9 Å². The predicted molar refractivity (Wildman–Crippen MR) is 130 cm³/mol. The molecule has 0 spiro atoms. The van der Waals surface area contributed by atoms with Gasteiger partial charge in [0.2, 0.25) is 0 Å². The number of nitrogens with zero attached hydrogens (tertiary/aromatic N) is 2. The molecule has 1 heterocycles. The molecular formula is C28H28N2O4. The van der Waals surface area contributed by atoms with Gasteiger partial charge in [0.1, 0.15) is 12.6 Å². The normalized spacial score (nSPS) is 16.6. The lowest BCUT2D eigenvalue weighted by atomic mass is 9.98. The van der Waals surface area contributed by atoms with Crippen LogP contribution in [0.2, 0.25) is 0 Å². The molecule has 174 valence electrons. The number of amides is 1. The molecule has 0 aromatic heterocycles. The number of fused-ring (bicyclic) bond motifs is 3. The third-order valence-corrected chi connectivity index (χ3v) is 6.87. The van der Waals surface area contributed by atoms with Crippen LogP contribution in [0.3, 0.4) is 0 Å². The Morgan fingerprint density at radius 2 is 1.53 bits per heavy atom. The third kappa shape index (κ3) is 4.17. The summed E-state index contributed by atoms with van der Waals surface area (Å²) in [6.07, 6.45) is -0.344. The minimum absolute atomic E-state index is 0.0235. The zero-order valence-electron chi connectivity index (χ0n) is 19.2. The smallest absolute Gasteiger partial charge is 0.409 e. The zero-order valence-corrected chi connectivity index (χ0v) is 19.2. The molecule has 0 radical (unpaired) electrons. The van der Waals surface area contributed by atoms with Gasteiger partial charge in [0.05, 0.1) is 0 Å². The summed E-state index contributed by atoms with van der Waals surface area (Å²) in [5, 5.41) is 9.86. The zero-order chi connectivity index (χ0) is 23.7. The quantitative estimate of drug-likeness (QED) is 0.603. The van der Waals surface area contributed by atoms with E-state index in [9.17, 15) is 14.7 Å². The highest BCUT2D eigenvalue weighted by molar-refractivity contribution is 5.79. The number of hydrogen-bond donors (Lipinski definition) is 1. The molecule has 1 aliphatic heterocycles. The van der Waals surface area contributed by atoms with Gasteiger partial charge in [-0.05, 0) is 34.7 Å². The molecule has 1 unspecified atom stereocenters. The Labute approximate surface area is 199 Å². The SMILES string of the molecule is Cc1cccc(C(C(=O)O)N2CCN(C(=O)OCC3c4ccccc4-c4ccccc43)CC2)c1. The lowest BCUT2D eigenvalue weighted by Gasteiger charge is -2.37. The Morgan fingerprint density at radius 1 is 0.912 bits per heavy atom. The van der Waals surface area contributed by atoms with E-state index in [1.54, 1.807) is 4.90 Å². The minimum Gasteiger partial charge on any atom is -0.480 e. The van der Waals surface area contributed by atoms with Crippen LogP contribution in [-0.4, -0.2) is 59.8 Å². The second kappa shape index (κ2) is 9.31. The second-order valence-electron chi connectivity index (χ2n) is 8.98. The van der Waals surface area contributed by atoms with Gasteiger partial charge in [-0.1, -0.05) is 78.4 Å². The fraction of sp³-hybridized carbons (Fsp3) is 0.286. The van der Waals surface area contributed by atoms with Crippen molar-refractivity contribution in [3.05, 3.63) is 95.1 Å². The second-order valence-corrected chi connectivity index (χ2v) is 8.98. The first kappa shape index (κ1) is 22.2. The number of hydrogen-bond acceptors (Lipinski definition) is 4. The highest BCUT2D eigenvalue weighted by Crippen LogP contribution is 2.44. The number of carboxylic acids is 1. The van der Waals surface area contributed by atoms with Crippen LogP contribution in [0.5, 0.6) is 0 Å². The maximum atomic E-state index is 12.9. The van der Waals surface area contributed by atoms with Crippen LogP contribution in [0.1, 0.15) is 34.2 Å². The van der Waals surface area contributed by atoms with E-state index in [0.29, 0.717) is 26.2 Å². The average Bonchev–Trinajstić information content (AvgIpc) is 3.17. The van der Waals surface area contributed by atoms with Crippen molar-refractivity contribution in [2.24, 2.45) is 0 Å². The Hall–Kier alpha value is -3.64. The minimum atomic E-state index is -0.875. The lowest BCUT2D eigenvalue weighted by Crippen LogP contribution is -2.51. The van der Waals surface area contributed by atoms with Crippen molar-refractivity contribution >= 4 is 12.1 Å². The van der Waals surface area contributed by atoms with Crippen molar-refractivity contribution in [3.8, 4) is 11.1 Å². The lowest BCUT2D eigenvalue weighted by molar-refractivity contribution is -0.144. The third-order valence-electron chi connectivity index (χ3n) is 6.87. The maximum absolute atomic E-state index is 12.9.